The van der Waals surface area contributed by atoms with Gasteiger partial charge in [0.25, 0.3) is 0 Å². The van der Waals surface area contributed by atoms with Gasteiger partial charge in [-0.15, -0.1) is 11.8 Å². The van der Waals surface area contributed by atoms with Gasteiger partial charge >= 0.3 is 6.03 Å². The minimum atomic E-state index is -0.485. The van der Waals surface area contributed by atoms with Crippen molar-refractivity contribution in [3.05, 3.63) is 29.8 Å². The Morgan fingerprint density at radius 1 is 1.40 bits per heavy atom. The molecule has 104 valence electrons. The zero-order chi connectivity index (χ0) is 13.7. The maximum absolute atomic E-state index is 12.3. The largest absolute Gasteiger partial charge is 0.385 e. The first-order chi connectivity index (χ1) is 9.72. The van der Waals surface area contributed by atoms with E-state index in [1.54, 1.807) is 0 Å². The van der Waals surface area contributed by atoms with Crippen molar-refractivity contribution in [3.8, 4) is 0 Å². The quantitative estimate of drug-likeness (QED) is 0.909. The molecule has 3 aliphatic rings. The lowest BCUT2D eigenvalue weighted by Gasteiger charge is -2.42. The lowest BCUT2D eigenvalue weighted by molar-refractivity contribution is 0.161. The molecule has 1 aromatic rings. The van der Waals surface area contributed by atoms with Crippen molar-refractivity contribution in [1.29, 1.82) is 0 Å². The lowest BCUT2D eigenvalue weighted by Crippen LogP contribution is -2.53. The minimum absolute atomic E-state index is 0.156. The van der Waals surface area contributed by atoms with Crippen LogP contribution in [0.4, 0.5) is 4.79 Å². The number of benzene rings is 1. The summed E-state index contributed by atoms with van der Waals surface area (Å²) in [6.45, 7) is 0.794. The second-order valence-corrected chi connectivity index (χ2v) is 6.93. The van der Waals surface area contributed by atoms with Gasteiger partial charge in [0, 0.05) is 17.2 Å². The van der Waals surface area contributed by atoms with Crippen LogP contribution in [-0.2, 0) is 5.54 Å². The molecular weight excluding hydrogens is 270 g/mol. The van der Waals surface area contributed by atoms with E-state index < -0.39 is 5.54 Å². The van der Waals surface area contributed by atoms with E-state index in [2.05, 4.69) is 17.1 Å². The third kappa shape index (κ3) is 1.62. The van der Waals surface area contributed by atoms with Crippen molar-refractivity contribution in [2.24, 2.45) is 16.6 Å². The summed E-state index contributed by atoms with van der Waals surface area (Å²) in [6, 6.07) is 8.13. The Balaban J connectivity index is 1.84. The van der Waals surface area contributed by atoms with Crippen molar-refractivity contribution in [2.75, 3.05) is 12.3 Å². The van der Waals surface area contributed by atoms with Crippen molar-refractivity contribution < 1.29 is 4.79 Å². The highest BCUT2D eigenvalue weighted by Crippen LogP contribution is 2.48. The Bertz CT molecular complexity index is 611. The molecule has 4 rings (SSSR count). The van der Waals surface area contributed by atoms with Crippen LogP contribution in [-0.4, -0.2) is 29.1 Å². The first kappa shape index (κ1) is 12.3. The highest BCUT2D eigenvalue weighted by molar-refractivity contribution is 7.99. The van der Waals surface area contributed by atoms with Crippen molar-refractivity contribution in [2.45, 2.75) is 29.7 Å². The number of amides is 2. The van der Waals surface area contributed by atoms with E-state index in [1.165, 1.54) is 17.7 Å². The first-order valence-corrected chi connectivity index (χ1v) is 8.09. The zero-order valence-corrected chi connectivity index (χ0v) is 12.0. The summed E-state index contributed by atoms with van der Waals surface area (Å²) in [5.74, 6) is 2.09. The molecule has 1 aromatic carbocycles. The maximum Gasteiger partial charge on any atom is 0.346 e. The predicted molar refractivity (Wildman–Crippen MR) is 79.9 cm³/mol. The SMILES string of the molecule is NC1=NC(=O)N(CC2CC2)C12CCSc1ccccc12. The summed E-state index contributed by atoms with van der Waals surface area (Å²) in [5.41, 5.74) is 6.89. The van der Waals surface area contributed by atoms with E-state index in [-0.39, 0.29) is 6.03 Å². The number of urea groups is 1. The van der Waals surface area contributed by atoms with Crippen LogP contribution in [0.3, 0.4) is 0 Å². The molecule has 1 spiro atoms. The summed E-state index contributed by atoms with van der Waals surface area (Å²) in [6.07, 6.45) is 3.30. The number of nitrogens with two attached hydrogens (primary N) is 1. The Morgan fingerprint density at radius 3 is 3.00 bits per heavy atom. The van der Waals surface area contributed by atoms with Gasteiger partial charge in [0.05, 0.1) is 0 Å². The number of fused-ring (bicyclic) bond motifs is 2. The van der Waals surface area contributed by atoms with Crippen LogP contribution < -0.4 is 5.73 Å². The molecule has 1 fully saturated rings. The average molecular weight is 287 g/mol. The monoisotopic (exact) mass is 287 g/mol. The summed E-state index contributed by atoms with van der Waals surface area (Å²) in [5, 5.41) is 0. The minimum Gasteiger partial charge on any atom is -0.385 e. The van der Waals surface area contributed by atoms with Crippen LogP contribution in [0.15, 0.2) is 34.2 Å². The third-order valence-electron chi connectivity index (χ3n) is 4.52. The van der Waals surface area contributed by atoms with Gasteiger partial charge < -0.3 is 10.6 Å². The van der Waals surface area contributed by atoms with Crippen LogP contribution in [0.2, 0.25) is 0 Å². The van der Waals surface area contributed by atoms with Crippen molar-refractivity contribution in [3.63, 3.8) is 0 Å². The number of hydrogen-bond acceptors (Lipinski definition) is 3. The van der Waals surface area contributed by atoms with Crippen molar-refractivity contribution in [1.82, 2.24) is 4.90 Å². The number of nitrogens with zero attached hydrogens (tertiary/aromatic N) is 2. The second-order valence-electron chi connectivity index (χ2n) is 5.79. The lowest BCUT2D eigenvalue weighted by atomic mass is 9.84. The fourth-order valence-electron chi connectivity index (χ4n) is 3.27. The van der Waals surface area contributed by atoms with Gasteiger partial charge in [-0.05, 0) is 36.8 Å². The predicted octanol–water partition coefficient (Wildman–Crippen LogP) is 2.58. The molecule has 0 aromatic heterocycles. The number of thioether (sulfide) groups is 1. The summed E-state index contributed by atoms with van der Waals surface area (Å²) < 4.78 is 0. The van der Waals surface area contributed by atoms with Gasteiger partial charge in [-0.3, -0.25) is 0 Å². The van der Waals surface area contributed by atoms with E-state index in [0.717, 1.165) is 24.3 Å². The molecule has 1 saturated carbocycles. The van der Waals surface area contributed by atoms with Gasteiger partial charge in [0.15, 0.2) is 0 Å². The molecule has 1 aliphatic carbocycles. The molecule has 1 atom stereocenters. The molecule has 2 amide bonds. The number of carbonyl (C=O) groups is 1. The van der Waals surface area contributed by atoms with Gasteiger partial charge in [0.1, 0.15) is 11.4 Å². The summed E-state index contributed by atoms with van der Waals surface area (Å²) in [4.78, 5) is 19.5. The smallest absolute Gasteiger partial charge is 0.346 e. The van der Waals surface area contributed by atoms with Gasteiger partial charge in [-0.2, -0.15) is 4.99 Å². The number of rotatable bonds is 2. The molecule has 2 aliphatic heterocycles. The third-order valence-corrected chi connectivity index (χ3v) is 5.60. The first-order valence-electron chi connectivity index (χ1n) is 7.10. The highest BCUT2D eigenvalue weighted by Gasteiger charge is 2.52. The summed E-state index contributed by atoms with van der Waals surface area (Å²) >= 11 is 1.84. The second kappa shape index (κ2) is 4.25. The van der Waals surface area contributed by atoms with Gasteiger partial charge in [-0.1, -0.05) is 18.2 Å². The fraction of sp³-hybridized carbons (Fsp3) is 0.467. The Kier molecular flexibility index (Phi) is 2.61. The van der Waals surface area contributed by atoms with E-state index >= 15 is 0 Å². The van der Waals surface area contributed by atoms with Gasteiger partial charge in [-0.25, -0.2) is 4.79 Å². The molecule has 0 saturated heterocycles. The number of amidine groups is 1. The van der Waals surface area contributed by atoms with Crippen LogP contribution >= 0.6 is 11.8 Å². The molecule has 2 heterocycles. The fourth-order valence-corrected chi connectivity index (χ4v) is 4.46. The molecule has 4 nitrogen and oxygen atoms in total. The van der Waals surface area contributed by atoms with Gasteiger partial charge in [0.2, 0.25) is 0 Å². The molecule has 2 N–H and O–H groups in total. The zero-order valence-electron chi connectivity index (χ0n) is 11.2. The highest BCUT2D eigenvalue weighted by atomic mass is 32.2. The van der Waals surface area contributed by atoms with E-state index in [0.29, 0.717) is 11.8 Å². The van der Waals surface area contributed by atoms with Crippen LogP contribution in [0.5, 0.6) is 0 Å². The molecule has 0 radical (unpaired) electrons. The van der Waals surface area contributed by atoms with Crippen molar-refractivity contribution >= 4 is 23.6 Å². The van der Waals surface area contributed by atoms with E-state index in [1.807, 2.05) is 28.8 Å². The Hall–Kier alpha value is -1.49. The van der Waals surface area contributed by atoms with E-state index in [4.69, 9.17) is 5.73 Å². The summed E-state index contributed by atoms with van der Waals surface area (Å²) in [7, 11) is 0. The van der Waals surface area contributed by atoms with Crippen LogP contribution in [0.1, 0.15) is 24.8 Å². The normalized spacial score (nSPS) is 28.7. The topological polar surface area (TPSA) is 58.7 Å². The number of hydrogen-bond donors (Lipinski definition) is 1. The molecule has 0 bridgehead atoms. The molecule has 5 heteroatoms. The standard InChI is InChI=1S/C15H17N3OS/c16-13-15(18(14(19)17-13)9-10-5-6-10)7-8-20-12-4-2-1-3-11(12)15/h1-4,10H,5-9H2,(H2,16,17,19). The van der Waals surface area contributed by atoms with Crippen LogP contribution in [0.25, 0.3) is 0 Å². The molecular formula is C15H17N3OS. The molecule has 1 unspecified atom stereocenters. The maximum atomic E-state index is 12.3. The van der Waals surface area contributed by atoms with Crippen LogP contribution in [0, 0.1) is 5.92 Å². The average Bonchev–Trinajstić information content (AvgIpc) is 3.24. The van der Waals surface area contributed by atoms with E-state index in [9.17, 15) is 4.79 Å². The Labute approximate surface area is 122 Å². The number of carbonyl (C=O) groups excluding carboxylic acids is 1. The molecule has 20 heavy (non-hydrogen) atoms. The Morgan fingerprint density at radius 2 is 2.20 bits per heavy atom. The number of aliphatic imine (C=N–C) groups is 1.